The molecule has 3 aromatic rings. The first kappa shape index (κ1) is 24.0. The predicted octanol–water partition coefficient (Wildman–Crippen LogP) is 6.39. The standard InChI is InChI=1S/C27H22Cl3NO4/c28-16-6-8-24(35-14-25(32)33)22(11-16)26-18-4-2-1-3-15(18)9-10-31(26)27(34)21-13-20(21)19-7-5-17(29)12-23(19)30/h1-8,11-12,20-21,26H,9-10,13-14H2,(H,32,33)/t20-,21+,26?/m0/s1. The first-order valence-corrected chi connectivity index (χ1v) is 12.4. The molecule has 1 aliphatic carbocycles. The van der Waals surface area contributed by atoms with Gasteiger partial charge in [-0.2, -0.15) is 0 Å². The quantitative estimate of drug-likeness (QED) is 0.401. The van der Waals surface area contributed by atoms with Crippen LogP contribution in [0.3, 0.4) is 0 Å². The fourth-order valence-electron chi connectivity index (χ4n) is 4.97. The van der Waals surface area contributed by atoms with E-state index in [1.165, 1.54) is 0 Å². The lowest BCUT2D eigenvalue weighted by molar-refractivity contribution is -0.139. The highest BCUT2D eigenvalue weighted by Gasteiger charge is 2.49. The molecule has 35 heavy (non-hydrogen) atoms. The van der Waals surface area contributed by atoms with Gasteiger partial charge in [-0.1, -0.05) is 65.1 Å². The largest absolute Gasteiger partial charge is 0.482 e. The molecule has 0 saturated heterocycles. The molecular weight excluding hydrogens is 509 g/mol. The number of benzene rings is 3. The Labute approximate surface area is 218 Å². The molecule has 2 aliphatic rings. The number of carbonyl (C=O) groups is 2. The molecule has 0 aromatic heterocycles. The Balaban J connectivity index is 1.51. The van der Waals surface area contributed by atoms with Crippen molar-refractivity contribution in [1.82, 2.24) is 4.90 Å². The van der Waals surface area contributed by atoms with E-state index in [9.17, 15) is 9.59 Å². The third-order valence-electron chi connectivity index (χ3n) is 6.65. The first-order valence-electron chi connectivity index (χ1n) is 11.3. The van der Waals surface area contributed by atoms with Crippen LogP contribution >= 0.6 is 34.8 Å². The van der Waals surface area contributed by atoms with E-state index >= 15 is 0 Å². The van der Waals surface area contributed by atoms with E-state index in [2.05, 4.69) is 6.07 Å². The van der Waals surface area contributed by atoms with Gasteiger partial charge in [0.05, 0.1) is 6.04 Å². The molecule has 0 radical (unpaired) electrons. The van der Waals surface area contributed by atoms with E-state index in [4.69, 9.17) is 44.6 Å². The summed E-state index contributed by atoms with van der Waals surface area (Å²) in [6.07, 6.45) is 1.44. The summed E-state index contributed by atoms with van der Waals surface area (Å²) < 4.78 is 5.62. The summed E-state index contributed by atoms with van der Waals surface area (Å²) in [7, 11) is 0. The van der Waals surface area contributed by atoms with Gasteiger partial charge < -0.3 is 14.7 Å². The van der Waals surface area contributed by atoms with E-state index in [-0.39, 0.29) is 17.7 Å². The van der Waals surface area contributed by atoms with Crippen LogP contribution in [0.25, 0.3) is 0 Å². The minimum Gasteiger partial charge on any atom is -0.482 e. The maximum atomic E-state index is 13.9. The summed E-state index contributed by atoms with van der Waals surface area (Å²) in [5.41, 5.74) is 3.72. The lowest BCUT2D eigenvalue weighted by atomic mass is 9.87. The van der Waals surface area contributed by atoms with Crippen molar-refractivity contribution in [2.24, 2.45) is 5.92 Å². The highest BCUT2D eigenvalue weighted by molar-refractivity contribution is 6.35. The number of hydrogen-bond donors (Lipinski definition) is 1. The van der Waals surface area contributed by atoms with Crippen molar-refractivity contribution in [2.45, 2.75) is 24.8 Å². The molecule has 1 N–H and O–H groups in total. The number of nitrogens with zero attached hydrogens (tertiary/aromatic N) is 1. The number of rotatable bonds is 6. The Hall–Kier alpha value is -2.73. The van der Waals surface area contributed by atoms with Crippen molar-refractivity contribution in [2.75, 3.05) is 13.2 Å². The van der Waals surface area contributed by atoms with Crippen molar-refractivity contribution in [1.29, 1.82) is 0 Å². The Morgan fingerprint density at radius 2 is 1.69 bits per heavy atom. The number of ether oxygens (including phenoxy) is 1. The number of carbonyl (C=O) groups excluding carboxylic acids is 1. The lowest BCUT2D eigenvalue weighted by Crippen LogP contribution is -2.41. The van der Waals surface area contributed by atoms with Gasteiger partial charge in [0.1, 0.15) is 5.75 Å². The van der Waals surface area contributed by atoms with E-state index in [0.29, 0.717) is 39.3 Å². The number of aliphatic carboxylic acids is 1. The van der Waals surface area contributed by atoms with E-state index < -0.39 is 18.6 Å². The van der Waals surface area contributed by atoms with Crippen molar-refractivity contribution in [3.8, 4) is 5.75 Å². The van der Waals surface area contributed by atoms with Crippen LogP contribution in [-0.2, 0) is 16.0 Å². The van der Waals surface area contributed by atoms with Crippen LogP contribution in [-0.4, -0.2) is 35.0 Å². The summed E-state index contributed by atoms with van der Waals surface area (Å²) in [6, 6.07) is 18.0. The van der Waals surface area contributed by atoms with Gasteiger partial charge in [-0.25, -0.2) is 4.79 Å². The normalized spacial score (nSPS) is 20.8. The van der Waals surface area contributed by atoms with Crippen molar-refractivity contribution < 1.29 is 19.4 Å². The zero-order valence-electron chi connectivity index (χ0n) is 18.6. The van der Waals surface area contributed by atoms with Gasteiger partial charge in [0.25, 0.3) is 0 Å². The summed E-state index contributed by atoms with van der Waals surface area (Å²) in [4.78, 5) is 26.9. The SMILES string of the molecule is O=C(O)COc1ccc(Cl)cc1C1c2ccccc2CCN1C(=O)[C@@H]1C[C@H]1c1ccc(Cl)cc1Cl. The highest BCUT2D eigenvalue weighted by Crippen LogP contribution is 2.52. The Morgan fingerprint density at radius 3 is 2.46 bits per heavy atom. The van der Waals surface area contributed by atoms with E-state index in [1.807, 2.05) is 29.2 Å². The fourth-order valence-corrected chi connectivity index (χ4v) is 5.70. The maximum Gasteiger partial charge on any atom is 0.341 e. The number of halogens is 3. The molecule has 5 rings (SSSR count). The smallest absolute Gasteiger partial charge is 0.341 e. The van der Waals surface area contributed by atoms with Crippen LogP contribution in [0.4, 0.5) is 0 Å². The topological polar surface area (TPSA) is 66.8 Å². The Bertz CT molecular complexity index is 1310. The molecule has 5 nitrogen and oxygen atoms in total. The van der Waals surface area contributed by atoms with Crippen LogP contribution in [0, 0.1) is 5.92 Å². The van der Waals surface area contributed by atoms with Crippen LogP contribution in [0.5, 0.6) is 5.75 Å². The van der Waals surface area contributed by atoms with Gasteiger partial charge in [-0.05, 0) is 65.8 Å². The zero-order valence-corrected chi connectivity index (χ0v) is 20.9. The molecule has 3 aromatic carbocycles. The molecule has 0 spiro atoms. The number of fused-ring (bicyclic) bond motifs is 1. The second kappa shape index (κ2) is 9.73. The number of amides is 1. The molecule has 1 amide bonds. The molecule has 1 unspecified atom stereocenters. The van der Waals surface area contributed by atoms with Crippen LogP contribution in [0.15, 0.2) is 60.7 Å². The fraction of sp³-hybridized carbons (Fsp3) is 0.259. The number of hydrogen-bond acceptors (Lipinski definition) is 3. The lowest BCUT2D eigenvalue weighted by Gasteiger charge is -2.38. The maximum absolute atomic E-state index is 13.9. The molecule has 1 fully saturated rings. The second-order valence-corrected chi connectivity index (χ2v) is 10.1. The predicted molar refractivity (Wildman–Crippen MR) is 136 cm³/mol. The molecular formula is C27H22Cl3NO4. The van der Waals surface area contributed by atoms with Gasteiger partial charge in [-0.15, -0.1) is 0 Å². The van der Waals surface area contributed by atoms with Crippen LogP contribution in [0.2, 0.25) is 15.1 Å². The highest BCUT2D eigenvalue weighted by atomic mass is 35.5. The summed E-state index contributed by atoms with van der Waals surface area (Å²) in [5.74, 6) is -0.811. The van der Waals surface area contributed by atoms with Crippen LogP contribution in [0.1, 0.15) is 40.6 Å². The summed E-state index contributed by atoms with van der Waals surface area (Å²) in [5, 5.41) is 10.8. The first-order chi connectivity index (χ1) is 16.8. The number of carboxylic acids is 1. The van der Waals surface area contributed by atoms with Gasteiger partial charge in [0.2, 0.25) is 5.91 Å². The molecule has 1 aliphatic heterocycles. The summed E-state index contributed by atoms with van der Waals surface area (Å²) in [6.45, 7) is 0.0413. The second-order valence-electron chi connectivity index (χ2n) is 8.86. The van der Waals surface area contributed by atoms with E-state index in [0.717, 1.165) is 23.1 Å². The van der Waals surface area contributed by atoms with Crippen molar-refractivity contribution >= 4 is 46.7 Å². The monoisotopic (exact) mass is 529 g/mol. The molecule has 1 saturated carbocycles. The van der Waals surface area contributed by atoms with Gasteiger partial charge in [-0.3, -0.25) is 4.79 Å². The van der Waals surface area contributed by atoms with Crippen molar-refractivity contribution in [3.63, 3.8) is 0 Å². The average molecular weight is 531 g/mol. The minimum absolute atomic E-state index is 0.0321. The number of carboxylic acid groups (broad SMARTS) is 1. The minimum atomic E-state index is -1.08. The summed E-state index contributed by atoms with van der Waals surface area (Å²) >= 11 is 18.8. The zero-order chi connectivity index (χ0) is 24.7. The Morgan fingerprint density at radius 1 is 0.943 bits per heavy atom. The van der Waals surface area contributed by atoms with E-state index in [1.54, 1.807) is 30.3 Å². The third kappa shape index (κ3) is 4.86. The third-order valence-corrected chi connectivity index (χ3v) is 7.45. The van der Waals surface area contributed by atoms with Crippen LogP contribution < -0.4 is 4.74 Å². The molecule has 3 atom stereocenters. The molecule has 8 heteroatoms. The van der Waals surface area contributed by atoms with Gasteiger partial charge >= 0.3 is 5.97 Å². The average Bonchev–Trinajstić information content (AvgIpc) is 3.62. The Kier molecular flexibility index (Phi) is 6.67. The van der Waals surface area contributed by atoms with Gasteiger partial charge in [0, 0.05) is 33.1 Å². The molecule has 0 bridgehead atoms. The molecule has 1 heterocycles. The van der Waals surface area contributed by atoms with Gasteiger partial charge in [0.15, 0.2) is 6.61 Å². The molecule has 180 valence electrons. The van der Waals surface area contributed by atoms with Crippen molar-refractivity contribution in [3.05, 3.63) is 98.0 Å².